The Morgan fingerprint density at radius 3 is 2.42 bits per heavy atom. The zero-order chi connectivity index (χ0) is 16.8. The van der Waals surface area contributed by atoms with Gasteiger partial charge in [0.15, 0.2) is 0 Å². The van der Waals surface area contributed by atoms with E-state index in [2.05, 4.69) is 25.6 Å². The fourth-order valence-corrected chi connectivity index (χ4v) is 2.20. The van der Waals surface area contributed by atoms with Gasteiger partial charge in [-0.15, -0.1) is 0 Å². The maximum atomic E-state index is 9.28. The van der Waals surface area contributed by atoms with Crippen molar-refractivity contribution >= 4 is 23.3 Å². The van der Waals surface area contributed by atoms with Crippen LogP contribution in [0.1, 0.15) is 5.56 Å². The summed E-state index contributed by atoms with van der Waals surface area (Å²) in [6.45, 7) is 0.690. The molecule has 1 aromatic carbocycles. The maximum Gasteiger partial charge on any atom is 0.223 e. The van der Waals surface area contributed by atoms with Gasteiger partial charge in [0.25, 0.3) is 0 Å². The normalized spacial score (nSPS) is 10.3. The van der Waals surface area contributed by atoms with E-state index >= 15 is 0 Å². The number of pyridine rings is 1. The van der Waals surface area contributed by atoms with Gasteiger partial charge >= 0.3 is 0 Å². The summed E-state index contributed by atoms with van der Waals surface area (Å²) in [4.78, 5) is 12.3. The van der Waals surface area contributed by atoms with Crippen LogP contribution in [-0.4, -0.2) is 26.6 Å². The second-order valence-corrected chi connectivity index (χ2v) is 5.20. The topological polar surface area (TPSA) is 109 Å². The first-order chi connectivity index (χ1) is 11.7. The molecule has 3 rings (SSSR count). The lowest BCUT2D eigenvalue weighted by atomic mass is 10.1. The lowest BCUT2D eigenvalue weighted by Crippen LogP contribution is -2.09. The SMILES string of the molecule is Nc1nc(NCCc2ccc(O)cc2)cc(Nc2ccncc2)n1. The first kappa shape index (κ1) is 15.5. The second kappa shape index (κ2) is 7.28. The molecule has 0 saturated heterocycles. The number of nitrogens with two attached hydrogens (primary N) is 1. The predicted molar refractivity (Wildman–Crippen MR) is 94.3 cm³/mol. The highest BCUT2D eigenvalue weighted by molar-refractivity contribution is 5.60. The van der Waals surface area contributed by atoms with Crippen molar-refractivity contribution in [2.24, 2.45) is 0 Å². The van der Waals surface area contributed by atoms with Gasteiger partial charge in [0.2, 0.25) is 5.95 Å². The van der Waals surface area contributed by atoms with E-state index < -0.39 is 0 Å². The number of benzene rings is 1. The van der Waals surface area contributed by atoms with Crippen LogP contribution in [0.3, 0.4) is 0 Å². The molecule has 7 heteroatoms. The van der Waals surface area contributed by atoms with Crippen molar-refractivity contribution in [2.75, 3.05) is 22.9 Å². The molecular formula is C17H18N6O. The maximum absolute atomic E-state index is 9.28. The number of nitrogens with zero attached hydrogens (tertiary/aromatic N) is 3. The molecule has 0 radical (unpaired) electrons. The van der Waals surface area contributed by atoms with E-state index in [1.54, 1.807) is 30.6 Å². The lowest BCUT2D eigenvalue weighted by molar-refractivity contribution is 0.475. The number of hydrogen-bond acceptors (Lipinski definition) is 7. The number of phenols is 1. The van der Waals surface area contributed by atoms with E-state index in [1.165, 1.54) is 0 Å². The van der Waals surface area contributed by atoms with E-state index in [-0.39, 0.29) is 11.7 Å². The van der Waals surface area contributed by atoms with Crippen molar-refractivity contribution in [2.45, 2.75) is 6.42 Å². The Morgan fingerprint density at radius 2 is 1.67 bits per heavy atom. The van der Waals surface area contributed by atoms with Gasteiger partial charge in [-0.2, -0.15) is 9.97 Å². The molecule has 2 heterocycles. The van der Waals surface area contributed by atoms with Crippen molar-refractivity contribution in [3.63, 3.8) is 0 Å². The standard InChI is InChI=1S/C17H18N6O/c18-17-22-15(20-10-5-12-1-3-14(24)4-2-12)11-16(23-17)21-13-6-8-19-9-7-13/h1-4,6-9,11,24H,5,10H2,(H4,18,19,20,21,22,23). The number of aromatic nitrogens is 3. The molecule has 0 amide bonds. The highest BCUT2D eigenvalue weighted by Gasteiger charge is 2.03. The summed E-state index contributed by atoms with van der Waals surface area (Å²) in [5.74, 6) is 1.72. The fourth-order valence-electron chi connectivity index (χ4n) is 2.20. The molecule has 0 fully saturated rings. The van der Waals surface area contributed by atoms with Crippen LogP contribution in [0.2, 0.25) is 0 Å². The molecule has 0 unspecified atom stereocenters. The zero-order valence-corrected chi connectivity index (χ0v) is 13.0. The van der Waals surface area contributed by atoms with Gasteiger partial charge < -0.3 is 21.5 Å². The molecule has 24 heavy (non-hydrogen) atoms. The van der Waals surface area contributed by atoms with Crippen molar-refractivity contribution in [1.29, 1.82) is 0 Å². The molecule has 3 aromatic rings. The van der Waals surface area contributed by atoms with Crippen LogP contribution in [0.5, 0.6) is 5.75 Å². The Balaban J connectivity index is 1.62. The Morgan fingerprint density at radius 1 is 0.958 bits per heavy atom. The molecule has 5 N–H and O–H groups in total. The second-order valence-electron chi connectivity index (χ2n) is 5.20. The number of aromatic hydroxyl groups is 1. The van der Waals surface area contributed by atoms with E-state index in [0.29, 0.717) is 18.2 Å². The van der Waals surface area contributed by atoms with Gasteiger partial charge in [-0.25, -0.2) is 0 Å². The third-order valence-electron chi connectivity index (χ3n) is 3.35. The van der Waals surface area contributed by atoms with Crippen LogP contribution >= 0.6 is 0 Å². The smallest absolute Gasteiger partial charge is 0.223 e. The highest BCUT2D eigenvalue weighted by Crippen LogP contribution is 2.17. The Hall–Kier alpha value is -3.35. The minimum atomic E-state index is 0.196. The number of anilines is 4. The van der Waals surface area contributed by atoms with Crippen LogP contribution in [0.4, 0.5) is 23.3 Å². The van der Waals surface area contributed by atoms with Gasteiger partial charge in [-0.1, -0.05) is 12.1 Å². The number of rotatable bonds is 6. The van der Waals surface area contributed by atoms with Crippen LogP contribution in [0, 0.1) is 0 Å². The molecule has 0 bridgehead atoms. The zero-order valence-electron chi connectivity index (χ0n) is 13.0. The van der Waals surface area contributed by atoms with Crippen molar-refractivity contribution in [3.8, 4) is 5.75 Å². The molecule has 0 saturated carbocycles. The van der Waals surface area contributed by atoms with Crippen molar-refractivity contribution in [1.82, 2.24) is 15.0 Å². The summed E-state index contributed by atoms with van der Waals surface area (Å²) in [7, 11) is 0. The molecule has 0 aliphatic heterocycles. The van der Waals surface area contributed by atoms with E-state index in [9.17, 15) is 5.11 Å². The summed E-state index contributed by atoms with van der Waals surface area (Å²) in [6, 6.07) is 12.6. The summed E-state index contributed by atoms with van der Waals surface area (Å²) >= 11 is 0. The number of nitrogens with one attached hydrogen (secondary N) is 2. The van der Waals surface area contributed by atoms with E-state index in [0.717, 1.165) is 17.7 Å². The highest BCUT2D eigenvalue weighted by atomic mass is 16.3. The quantitative estimate of drug-likeness (QED) is 0.552. The molecule has 2 aromatic heterocycles. The lowest BCUT2D eigenvalue weighted by Gasteiger charge is -2.10. The molecule has 0 aliphatic rings. The van der Waals surface area contributed by atoms with Gasteiger partial charge in [-0.3, -0.25) is 4.98 Å². The summed E-state index contributed by atoms with van der Waals surface area (Å²) in [5, 5.41) is 15.7. The average Bonchev–Trinajstić information content (AvgIpc) is 2.57. The molecule has 0 atom stereocenters. The van der Waals surface area contributed by atoms with Crippen LogP contribution in [0.25, 0.3) is 0 Å². The summed E-state index contributed by atoms with van der Waals surface area (Å²) in [6.07, 6.45) is 4.20. The monoisotopic (exact) mass is 322 g/mol. The number of hydrogen-bond donors (Lipinski definition) is 4. The largest absolute Gasteiger partial charge is 0.508 e. The first-order valence-corrected chi connectivity index (χ1v) is 7.52. The molecule has 122 valence electrons. The van der Waals surface area contributed by atoms with Gasteiger partial charge in [0, 0.05) is 30.7 Å². The fraction of sp³-hybridized carbons (Fsp3) is 0.118. The minimum Gasteiger partial charge on any atom is -0.508 e. The molecule has 0 aliphatic carbocycles. The van der Waals surface area contributed by atoms with Gasteiger partial charge in [0.1, 0.15) is 17.4 Å². The van der Waals surface area contributed by atoms with Gasteiger partial charge in [-0.05, 0) is 36.2 Å². The van der Waals surface area contributed by atoms with E-state index in [4.69, 9.17) is 5.73 Å². The number of phenolic OH excluding ortho intramolecular Hbond substituents is 1. The third kappa shape index (κ3) is 4.33. The van der Waals surface area contributed by atoms with Crippen LogP contribution in [0.15, 0.2) is 54.9 Å². The van der Waals surface area contributed by atoms with Gasteiger partial charge in [0.05, 0.1) is 0 Å². The van der Waals surface area contributed by atoms with Crippen LogP contribution in [-0.2, 0) is 6.42 Å². The Bertz CT molecular complexity index is 792. The minimum absolute atomic E-state index is 0.196. The Labute approximate surface area is 139 Å². The molecule has 0 spiro atoms. The van der Waals surface area contributed by atoms with E-state index in [1.807, 2.05) is 24.3 Å². The molecule has 7 nitrogen and oxygen atoms in total. The molecular weight excluding hydrogens is 304 g/mol. The summed E-state index contributed by atoms with van der Waals surface area (Å²) < 4.78 is 0. The van der Waals surface area contributed by atoms with Crippen LogP contribution < -0.4 is 16.4 Å². The first-order valence-electron chi connectivity index (χ1n) is 7.52. The number of nitrogen functional groups attached to an aromatic ring is 1. The van der Waals surface area contributed by atoms with Crippen molar-refractivity contribution in [3.05, 3.63) is 60.4 Å². The average molecular weight is 322 g/mol. The van der Waals surface area contributed by atoms with Crippen molar-refractivity contribution < 1.29 is 5.11 Å². The predicted octanol–water partition coefficient (Wildman–Crippen LogP) is 2.56. The summed E-state index contributed by atoms with van der Waals surface area (Å²) in [5.41, 5.74) is 7.77. The Kier molecular flexibility index (Phi) is 4.71. The third-order valence-corrected chi connectivity index (χ3v) is 3.35.